The highest BCUT2D eigenvalue weighted by Crippen LogP contribution is 2.19. The molecule has 5 heteroatoms. The fraction of sp³-hybridized carbons (Fsp3) is 0.316. The third-order valence-corrected chi connectivity index (χ3v) is 4.08. The van der Waals surface area contributed by atoms with E-state index in [0.29, 0.717) is 24.6 Å². The molecule has 2 aromatic rings. The van der Waals surface area contributed by atoms with Crippen LogP contribution >= 0.6 is 11.6 Å². The maximum absolute atomic E-state index is 12.0. The van der Waals surface area contributed by atoms with Crippen LogP contribution < -0.4 is 15.4 Å². The number of benzene rings is 2. The van der Waals surface area contributed by atoms with Crippen LogP contribution in [0.2, 0.25) is 5.02 Å². The highest BCUT2D eigenvalue weighted by molar-refractivity contribution is 6.31. The zero-order chi connectivity index (χ0) is 17.4. The Labute approximate surface area is 148 Å². The molecular weight excluding hydrogens is 324 g/mol. The highest BCUT2D eigenvalue weighted by Gasteiger charge is 2.07. The first-order chi connectivity index (χ1) is 11.6. The van der Waals surface area contributed by atoms with Crippen LogP contribution in [0.25, 0.3) is 0 Å². The Morgan fingerprint density at radius 2 is 2.00 bits per heavy atom. The van der Waals surface area contributed by atoms with Crippen molar-refractivity contribution in [1.29, 1.82) is 0 Å². The maximum Gasteiger partial charge on any atom is 0.224 e. The van der Waals surface area contributed by atoms with Crippen molar-refractivity contribution >= 4 is 17.5 Å². The van der Waals surface area contributed by atoms with Gasteiger partial charge in [0.2, 0.25) is 5.91 Å². The van der Waals surface area contributed by atoms with Crippen molar-refractivity contribution in [3.05, 3.63) is 64.7 Å². The molecule has 0 heterocycles. The average molecular weight is 347 g/mol. The molecule has 1 unspecified atom stereocenters. The lowest BCUT2D eigenvalue weighted by Crippen LogP contribution is -2.37. The highest BCUT2D eigenvalue weighted by atomic mass is 35.5. The fourth-order valence-electron chi connectivity index (χ4n) is 2.14. The van der Waals surface area contributed by atoms with Crippen molar-refractivity contribution < 1.29 is 9.53 Å². The number of nitrogens with one attached hydrogen (secondary N) is 2. The number of ether oxygens (including phenoxy) is 1. The SMILES string of the molecule is CNC(C)CNC(=O)Cc1cccc(OCc2ccccc2Cl)c1. The molecule has 1 atom stereocenters. The largest absolute Gasteiger partial charge is 0.489 e. The number of likely N-dealkylation sites (N-methyl/N-ethyl adjacent to an activating group) is 1. The summed E-state index contributed by atoms with van der Waals surface area (Å²) in [4.78, 5) is 12.0. The Kier molecular flexibility index (Phi) is 7.09. The van der Waals surface area contributed by atoms with E-state index in [2.05, 4.69) is 10.6 Å². The predicted octanol–water partition coefficient (Wildman–Crippen LogP) is 3.19. The molecule has 0 saturated heterocycles. The van der Waals surface area contributed by atoms with Gasteiger partial charge in [0, 0.05) is 23.2 Å². The van der Waals surface area contributed by atoms with Crippen LogP contribution in [-0.2, 0) is 17.8 Å². The van der Waals surface area contributed by atoms with E-state index in [1.807, 2.05) is 62.5 Å². The standard InChI is InChI=1S/C19H23ClN2O2/c1-14(21-2)12-22-19(23)11-15-6-5-8-17(10-15)24-13-16-7-3-4-9-18(16)20/h3-10,14,21H,11-13H2,1-2H3,(H,22,23). The summed E-state index contributed by atoms with van der Waals surface area (Å²) < 4.78 is 5.78. The van der Waals surface area contributed by atoms with Gasteiger partial charge in [0.15, 0.2) is 0 Å². The Hall–Kier alpha value is -2.04. The summed E-state index contributed by atoms with van der Waals surface area (Å²) in [5, 5.41) is 6.68. The molecule has 128 valence electrons. The molecule has 0 aliphatic carbocycles. The van der Waals surface area contributed by atoms with Gasteiger partial charge in [0.25, 0.3) is 0 Å². The van der Waals surface area contributed by atoms with E-state index in [-0.39, 0.29) is 11.9 Å². The van der Waals surface area contributed by atoms with Gasteiger partial charge in [-0.3, -0.25) is 4.79 Å². The quantitative estimate of drug-likeness (QED) is 0.771. The zero-order valence-corrected chi connectivity index (χ0v) is 14.8. The summed E-state index contributed by atoms with van der Waals surface area (Å²) >= 11 is 6.12. The van der Waals surface area contributed by atoms with Gasteiger partial charge in [-0.25, -0.2) is 0 Å². The van der Waals surface area contributed by atoms with Gasteiger partial charge in [-0.15, -0.1) is 0 Å². The van der Waals surface area contributed by atoms with E-state index in [9.17, 15) is 4.79 Å². The molecule has 1 amide bonds. The van der Waals surface area contributed by atoms with Crippen LogP contribution in [0.15, 0.2) is 48.5 Å². The third kappa shape index (κ3) is 5.87. The molecule has 2 rings (SSSR count). The van der Waals surface area contributed by atoms with Crippen LogP contribution in [0.4, 0.5) is 0 Å². The summed E-state index contributed by atoms with van der Waals surface area (Å²) in [5.41, 5.74) is 1.85. The van der Waals surface area contributed by atoms with Gasteiger partial charge >= 0.3 is 0 Å². The maximum atomic E-state index is 12.0. The lowest BCUT2D eigenvalue weighted by atomic mass is 10.1. The first-order valence-electron chi connectivity index (χ1n) is 7.97. The number of carbonyl (C=O) groups is 1. The molecule has 0 spiro atoms. The van der Waals surface area contributed by atoms with E-state index >= 15 is 0 Å². The van der Waals surface area contributed by atoms with Gasteiger partial charge in [-0.05, 0) is 37.7 Å². The van der Waals surface area contributed by atoms with Gasteiger partial charge in [0.05, 0.1) is 6.42 Å². The minimum absolute atomic E-state index is 0.000328. The van der Waals surface area contributed by atoms with Gasteiger partial charge in [-0.1, -0.05) is 41.9 Å². The summed E-state index contributed by atoms with van der Waals surface area (Å²) in [6.07, 6.45) is 0.333. The molecule has 0 bridgehead atoms. The molecular formula is C19H23ClN2O2. The number of rotatable bonds is 8. The summed E-state index contributed by atoms with van der Waals surface area (Å²) in [6, 6.07) is 15.4. The average Bonchev–Trinajstić information content (AvgIpc) is 2.59. The minimum Gasteiger partial charge on any atom is -0.489 e. The Morgan fingerprint density at radius 3 is 2.75 bits per heavy atom. The second-order valence-electron chi connectivity index (χ2n) is 5.70. The van der Waals surface area contributed by atoms with Gasteiger partial charge < -0.3 is 15.4 Å². The Balaban J connectivity index is 1.89. The molecule has 2 N–H and O–H groups in total. The predicted molar refractivity (Wildman–Crippen MR) is 97.5 cm³/mol. The van der Waals surface area contributed by atoms with Crippen molar-refractivity contribution in [1.82, 2.24) is 10.6 Å². The smallest absolute Gasteiger partial charge is 0.224 e. The molecule has 0 saturated carbocycles. The third-order valence-electron chi connectivity index (χ3n) is 3.71. The van der Waals surface area contributed by atoms with Gasteiger partial charge in [-0.2, -0.15) is 0 Å². The first-order valence-corrected chi connectivity index (χ1v) is 8.35. The molecule has 0 radical (unpaired) electrons. The molecule has 4 nitrogen and oxygen atoms in total. The van der Waals surface area contributed by atoms with E-state index in [4.69, 9.17) is 16.3 Å². The molecule has 0 fully saturated rings. The number of hydrogen-bond acceptors (Lipinski definition) is 3. The van der Waals surface area contributed by atoms with Crippen LogP contribution in [0, 0.1) is 0 Å². The van der Waals surface area contributed by atoms with E-state index in [1.54, 1.807) is 0 Å². The van der Waals surface area contributed by atoms with Crippen LogP contribution in [0.5, 0.6) is 5.75 Å². The number of carbonyl (C=O) groups excluding carboxylic acids is 1. The van der Waals surface area contributed by atoms with Crippen molar-refractivity contribution in [3.63, 3.8) is 0 Å². The second-order valence-corrected chi connectivity index (χ2v) is 6.11. The lowest BCUT2D eigenvalue weighted by Gasteiger charge is -2.12. The second kappa shape index (κ2) is 9.30. The molecule has 0 aliphatic heterocycles. The molecule has 0 aliphatic rings. The summed E-state index contributed by atoms with van der Waals surface area (Å²) in [6.45, 7) is 3.02. The normalized spacial score (nSPS) is 11.8. The zero-order valence-electron chi connectivity index (χ0n) is 14.0. The number of hydrogen-bond donors (Lipinski definition) is 2. The first kappa shape index (κ1) is 18.3. The van der Waals surface area contributed by atoms with E-state index < -0.39 is 0 Å². The summed E-state index contributed by atoms with van der Waals surface area (Å²) in [5.74, 6) is 0.726. The van der Waals surface area contributed by atoms with Crippen LogP contribution in [0.1, 0.15) is 18.1 Å². The van der Waals surface area contributed by atoms with Crippen LogP contribution in [-0.4, -0.2) is 25.5 Å². The van der Waals surface area contributed by atoms with E-state index in [1.165, 1.54) is 0 Å². The van der Waals surface area contributed by atoms with Crippen molar-refractivity contribution in [2.24, 2.45) is 0 Å². The van der Waals surface area contributed by atoms with Crippen molar-refractivity contribution in [3.8, 4) is 5.75 Å². The summed E-state index contributed by atoms with van der Waals surface area (Å²) in [7, 11) is 1.87. The Morgan fingerprint density at radius 1 is 1.21 bits per heavy atom. The number of amides is 1. The molecule has 2 aromatic carbocycles. The van der Waals surface area contributed by atoms with Gasteiger partial charge in [0.1, 0.15) is 12.4 Å². The van der Waals surface area contributed by atoms with E-state index in [0.717, 1.165) is 16.9 Å². The fourth-order valence-corrected chi connectivity index (χ4v) is 2.33. The monoisotopic (exact) mass is 346 g/mol. The minimum atomic E-state index is 0.000328. The molecule has 0 aromatic heterocycles. The topological polar surface area (TPSA) is 50.4 Å². The lowest BCUT2D eigenvalue weighted by molar-refractivity contribution is -0.120. The van der Waals surface area contributed by atoms with Crippen LogP contribution in [0.3, 0.4) is 0 Å². The Bertz CT molecular complexity index is 676. The molecule has 24 heavy (non-hydrogen) atoms. The number of halogens is 1. The van der Waals surface area contributed by atoms with Crippen molar-refractivity contribution in [2.45, 2.75) is 26.0 Å². The van der Waals surface area contributed by atoms with Crippen molar-refractivity contribution in [2.75, 3.05) is 13.6 Å².